The number of carbonyl (C=O) groups excluding carboxylic acids is 3. The molecule has 4 aromatic rings. The van der Waals surface area contributed by atoms with Gasteiger partial charge < -0.3 is 28.6 Å². The Bertz CT molecular complexity index is 2330. The summed E-state index contributed by atoms with van der Waals surface area (Å²) in [6.45, 7) is 4.54. The summed E-state index contributed by atoms with van der Waals surface area (Å²) >= 11 is 0. The zero-order valence-electron chi connectivity index (χ0n) is 34.1. The number of allylic oxidation sites excluding steroid dienone is 2. The van der Waals surface area contributed by atoms with E-state index in [4.69, 9.17) is 33.7 Å². The average molecular weight is 796 g/mol. The third kappa shape index (κ3) is 9.14. The zero-order valence-corrected chi connectivity index (χ0v) is 34.1. The number of amides is 1. The molecule has 0 spiro atoms. The van der Waals surface area contributed by atoms with Gasteiger partial charge in [-0.15, -0.1) is 0 Å². The number of hydrogen-bond acceptors (Lipinski definition) is 10. The van der Waals surface area contributed by atoms with Gasteiger partial charge in [0.25, 0.3) is 5.91 Å². The number of rotatable bonds is 17. The van der Waals surface area contributed by atoms with Crippen molar-refractivity contribution in [1.82, 2.24) is 4.90 Å². The highest BCUT2D eigenvalue weighted by Gasteiger charge is 2.33. The lowest BCUT2D eigenvalue weighted by molar-refractivity contribution is 0.0817. The molecule has 59 heavy (non-hydrogen) atoms. The molecule has 4 aromatic carbocycles. The lowest BCUT2D eigenvalue weighted by atomic mass is 9.97. The summed E-state index contributed by atoms with van der Waals surface area (Å²) in [5.74, 6) is 2.92. The van der Waals surface area contributed by atoms with Gasteiger partial charge in [-0.3, -0.25) is 24.4 Å². The maximum absolute atomic E-state index is 13.7. The van der Waals surface area contributed by atoms with E-state index in [1.807, 2.05) is 67.2 Å². The summed E-state index contributed by atoms with van der Waals surface area (Å²) in [6.07, 6.45) is 12.6. The Hall–Kier alpha value is -6.49. The summed E-state index contributed by atoms with van der Waals surface area (Å²) in [5.41, 5.74) is 7.04. The van der Waals surface area contributed by atoms with Crippen LogP contribution in [0.4, 0.5) is 11.4 Å². The van der Waals surface area contributed by atoms with Crippen molar-refractivity contribution < 1.29 is 38.1 Å². The van der Waals surface area contributed by atoms with Gasteiger partial charge in [0.2, 0.25) is 0 Å². The van der Waals surface area contributed by atoms with Gasteiger partial charge in [0, 0.05) is 54.2 Å². The largest absolute Gasteiger partial charge is 0.497 e. The van der Waals surface area contributed by atoms with E-state index in [1.165, 1.54) is 12.5 Å². The van der Waals surface area contributed by atoms with Gasteiger partial charge in [0.15, 0.2) is 28.8 Å². The molecule has 2 aliphatic heterocycles. The predicted molar refractivity (Wildman–Crippen MR) is 230 cm³/mol. The second-order valence-electron chi connectivity index (χ2n) is 14.9. The number of unbranched alkanes of at least 4 members (excludes halogenated alkanes) is 2. The Morgan fingerprint density at radius 3 is 2.14 bits per heavy atom. The minimum atomic E-state index is -0.191. The van der Waals surface area contributed by atoms with Gasteiger partial charge in [0.05, 0.1) is 57.5 Å². The van der Waals surface area contributed by atoms with Crippen LogP contribution in [-0.4, -0.2) is 75.9 Å². The summed E-state index contributed by atoms with van der Waals surface area (Å²) in [6, 6.07) is 22.2. The van der Waals surface area contributed by atoms with Crippen LogP contribution in [-0.2, 0) is 0 Å². The molecule has 11 heteroatoms. The number of fused-ring (bicyclic) bond motifs is 2. The topological polar surface area (TPSA) is 125 Å². The Morgan fingerprint density at radius 1 is 0.814 bits per heavy atom. The van der Waals surface area contributed by atoms with Gasteiger partial charge in [0.1, 0.15) is 12.0 Å². The maximum Gasteiger partial charge on any atom is 0.260 e. The van der Waals surface area contributed by atoms with Crippen LogP contribution in [0.5, 0.6) is 28.7 Å². The van der Waals surface area contributed by atoms with Gasteiger partial charge in [-0.1, -0.05) is 49.4 Å². The lowest BCUT2D eigenvalue weighted by Crippen LogP contribution is -2.32. The molecule has 0 N–H and O–H groups in total. The van der Waals surface area contributed by atoms with Crippen LogP contribution < -0.4 is 23.7 Å². The van der Waals surface area contributed by atoms with Gasteiger partial charge in [-0.2, -0.15) is 0 Å². The van der Waals surface area contributed by atoms with Crippen LogP contribution in [0.25, 0.3) is 11.1 Å². The van der Waals surface area contributed by atoms with Crippen LogP contribution in [0.3, 0.4) is 0 Å². The van der Waals surface area contributed by atoms with E-state index in [0.29, 0.717) is 70.7 Å². The van der Waals surface area contributed by atoms with Crippen LogP contribution >= 0.6 is 0 Å². The molecule has 0 radical (unpaired) electrons. The summed E-state index contributed by atoms with van der Waals surface area (Å²) in [5, 5.41) is 0. The fourth-order valence-corrected chi connectivity index (χ4v) is 7.63. The second-order valence-corrected chi connectivity index (χ2v) is 14.9. The first-order chi connectivity index (χ1) is 28.7. The van der Waals surface area contributed by atoms with Gasteiger partial charge >= 0.3 is 0 Å². The highest BCUT2D eigenvalue weighted by Crippen LogP contribution is 2.41. The Kier molecular flexibility index (Phi) is 12.7. The number of methoxy groups -OCH3 is 3. The number of nitrogens with zero attached hydrogens (tertiary/aromatic N) is 3. The maximum atomic E-state index is 13.7. The van der Waals surface area contributed by atoms with Crippen molar-refractivity contribution in [3.05, 3.63) is 113 Å². The third-order valence-electron chi connectivity index (χ3n) is 11.1. The van der Waals surface area contributed by atoms with E-state index in [0.717, 1.165) is 54.4 Å². The van der Waals surface area contributed by atoms with Crippen molar-refractivity contribution in [2.45, 2.75) is 52.0 Å². The van der Waals surface area contributed by atoms with Crippen molar-refractivity contribution in [1.29, 1.82) is 0 Å². The average Bonchev–Trinajstić information content (AvgIpc) is 3.84. The molecule has 0 saturated heterocycles. The molecule has 0 aromatic heterocycles. The molecule has 3 atom stereocenters. The van der Waals surface area contributed by atoms with E-state index < -0.39 is 0 Å². The fraction of sp³-hybridized carbons (Fsp3) is 0.312. The van der Waals surface area contributed by atoms with Gasteiger partial charge in [-0.25, -0.2) is 0 Å². The van der Waals surface area contributed by atoms with Crippen molar-refractivity contribution >= 4 is 52.9 Å². The van der Waals surface area contributed by atoms with Crippen LogP contribution in [0.1, 0.15) is 88.2 Å². The van der Waals surface area contributed by atoms with E-state index >= 15 is 0 Å². The monoisotopic (exact) mass is 795 g/mol. The molecule has 0 bridgehead atoms. The molecule has 11 nitrogen and oxygen atoms in total. The van der Waals surface area contributed by atoms with Crippen LogP contribution in [0.15, 0.2) is 95.1 Å². The molecule has 0 fully saturated rings. The standard InChI is InChI=1S/C48H49N3O8/c1-30-19-35(33-11-9-32(29-52)10-12-33)20-36(30)26-49-42-24-46(44(56-4)22-40(42)31(2)53)58-17-7-6-8-18-59-47-25-43-41(23-45(47)57-5)48(54)51-28-37(21-38(51)27-50-43)34-13-15-39(55-3)16-14-34/h9-16,19,22-30,36,38H,6-8,17-18,20-21H2,1-5H3. The fourth-order valence-electron chi connectivity index (χ4n) is 7.63. The number of ether oxygens (including phenoxy) is 5. The highest BCUT2D eigenvalue weighted by atomic mass is 16.5. The zero-order chi connectivity index (χ0) is 41.5. The van der Waals surface area contributed by atoms with Crippen LogP contribution in [0.2, 0.25) is 0 Å². The number of carbonyl (C=O) groups is 3. The normalized spacial score (nSPS) is 18.2. The Labute approximate surface area is 345 Å². The Balaban J connectivity index is 0.926. The SMILES string of the molecule is COc1ccc(C2=CN3C(=O)c4cc(OC)c(OCCCCCOc5cc(N=CC6CC(c7ccc(C=O)cc7)=CC6C)c(C(C)=O)cc5OC)cc4N=CC3C2)cc1. The summed E-state index contributed by atoms with van der Waals surface area (Å²) in [7, 11) is 4.75. The van der Waals surface area contributed by atoms with Crippen molar-refractivity contribution in [3.8, 4) is 28.7 Å². The van der Waals surface area contributed by atoms with E-state index in [1.54, 1.807) is 50.5 Å². The highest BCUT2D eigenvalue weighted by molar-refractivity contribution is 6.05. The molecule has 1 amide bonds. The number of aliphatic imine (C=N–C) groups is 2. The molecule has 3 aliphatic rings. The van der Waals surface area contributed by atoms with E-state index in [-0.39, 0.29) is 29.6 Å². The van der Waals surface area contributed by atoms with Crippen molar-refractivity contribution in [2.24, 2.45) is 21.8 Å². The van der Waals surface area contributed by atoms with E-state index in [2.05, 4.69) is 13.0 Å². The quantitative estimate of drug-likeness (QED) is 0.0448. The predicted octanol–water partition coefficient (Wildman–Crippen LogP) is 9.77. The first-order valence-corrected chi connectivity index (χ1v) is 19.9. The number of aldehydes is 1. The third-order valence-corrected chi connectivity index (χ3v) is 11.1. The molecular formula is C48H49N3O8. The van der Waals surface area contributed by atoms with E-state index in [9.17, 15) is 14.4 Å². The smallest absolute Gasteiger partial charge is 0.260 e. The molecule has 2 heterocycles. The second kappa shape index (κ2) is 18.4. The summed E-state index contributed by atoms with van der Waals surface area (Å²) in [4.78, 5) is 48.8. The number of Topliss-reactive ketones (excluding diaryl/α,β-unsaturated/α-hetero) is 1. The number of hydrogen-bond donors (Lipinski definition) is 0. The lowest BCUT2D eigenvalue weighted by Gasteiger charge is -2.19. The van der Waals surface area contributed by atoms with Gasteiger partial charge in [-0.05, 0) is 85.1 Å². The Morgan fingerprint density at radius 2 is 1.47 bits per heavy atom. The number of benzene rings is 4. The minimum Gasteiger partial charge on any atom is -0.497 e. The summed E-state index contributed by atoms with van der Waals surface area (Å²) < 4.78 is 28.9. The molecule has 304 valence electrons. The first-order valence-electron chi connectivity index (χ1n) is 19.9. The van der Waals surface area contributed by atoms with Crippen molar-refractivity contribution in [2.75, 3.05) is 34.5 Å². The molecule has 3 unspecified atom stereocenters. The molecule has 0 saturated carbocycles. The van der Waals surface area contributed by atoms with Crippen molar-refractivity contribution in [3.63, 3.8) is 0 Å². The van der Waals surface area contributed by atoms with Crippen LogP contribution in [0, 0.1) is 11.8 Å². The first kappa shape index (κ1) is 40.7. The molecule has 1 aliphatic carbocycles. The molecule has 7 rings (SSSR count). The molecular weight excluding hydrogens is 747 g/mol. The number of ketones is 1. The minimum absolute atomic E-state index is 0.114.